The van der Waals surface area contributed by atoms with Crippen LogP contribution in [-0.2, 0) is 5.67 Å². The number of alkyl halides is 1. The van der Waals surface area contributed by atoms with Gasteiger partial charge in [0.1, 0.15) is 0 Å². The van der Waals surface area contributed by atoms with Gasteiger partial charge in [-0.3, -0.25) is 0 Å². The van der Waals surface area contributed by atoms with Gasteiger partial charge in [0.15, 0.2) is 17.2 Å². The second-order valence-electron chi connectivity index (χ2n) is 3.88. The fourth-order valence-electron chi connectivity index (χ4n) is 1.69. The topological polar surface area (TPSA) is 38.7 Å². The number of aliphatic hydroxyl groups excluding tert-OH is 1. The Hall–Kier alpha value is -1.29. The van der Waals surface area contributed by atoms with Crippen LogP contribution in [0.1, 0.15) is 18.1 Å². The molecule has 0 fully saturated rings. The molecule has 0 spiro atoms. The lowest BCUT2D eigenvalue weighted by atomic mass is 9.94. The average molecular weight is 212 g/mol. The first-order valence-corrected chi connectivity index (χ1v) is 4.75. The summed E-state index contributed by atoms with van der Waals surface area (Å²) in [5.41, 5.74) is -0.557. The third-order valence-corrected chi connectivity index (χ3v) is 2.58. The summed E-state index contributed by atoms with van der Waals surface area (Å²) in [5.74, 6) is 1.16. The van der Waals surface area contributed by atoms with Gasteiger partial charge in [-0.05, 0) is 37.1 Å². The fourth-order valence-corrected chi connectivity index (χ4v) is 1.69. The SMILES string of the molecule is Cc1cc2c(cc1C(C)(F)CO)OCO2. The van der Waals surface area contributed by atoms with Crippen molar-refractivity contribution < 1.29 is 19.0 Å². The van der Waals surface area contributed by atoms with E-state index in [2.05, 4.69) is 0 Å². The second kappa shape index (κ2) is 3.38. The largest absolute Gasteiger partial charge is 0.454 e. The Bertz CT molecular complexity index is 388. The van der Waals surface area contributed by atoms with Crippen LogP contribution in [0.5, 0.6) is 11.5 Å². The molecule has 1 aliphatic heterocycles. The van der Waals surface area contributed by atoms with Gasteiger partial charge in [-0.15, -0.1) is 0 Å². The zero-order valence-electron chi connectivity index (χ0n) is 8.71. The van der Waals surface area contributed by atoms with Crippen LogP contribution in [0.3, 0.4) is 0 Å². The van der Waals surface area contributed by atoms with E-state index in [1.165, 1.54) is 6.92 Å². The van der Waals surface area contributed by atoms with Gasteiger partial charge in [-0.2, -0.15) is 0 Å². The summed E-state index contributed by atoms with van der Waals surface area (Å²) in [6, 6.07) is 3.32. The van der Waals surface area contributed by atoms with Gasteiger partial charge in [-0.25, -0.2) is 4.39 Å². The molecule has 15 heavy (non-hydrogen) atoms. The molecule has 1 aliphatic rings. The highest BCUT2D eigenvalue weighted by molar-refractivity contribution is 5.50. The number of halogens is 1. The number of aryl methyl sites for hydroxylation is 1. The predicted octanol–water partition coefficient (Wildman–Crippen LogP) is 1.90. The predicted molar refractivity (Wildman–Crippen MR) is 52.8 cm³/mol. The molecule has 0 aromatic heterocycles. The van der Waals surface area contributed by atoms with Crippen molar-refractivity contribution in [2.75, 3.05) is 13.4 Å². The first-order valence-electron chi connectivity index (χ1n) is 4.75. The van der Waals surface area contributed by atoms with Crippen LogP contribution >= 0.6 is 0 Å². The molecular weight excluding hydrogens is 199 g/mol. The molecule has 0 saturated heterocycles. The van der Waals surface area contributed by atoms with E-state index in [9.17, 15) is 4.39 Å². The lowest BCUT2D eigenvalue weighted by Gasteiger charge is -2.20. The zero-order valence-corrected chi connectivity index (χ0v) is 8.71. The highest BCUT2D eigenvalue weighted by atomic mass is 19.1. The molecule has 1 unspecified atom stereocenters. The molecule has 1 aromatic rings. The second-order valence-corrected chi connectivity index (χ2v) is 3.88. The van der Waals surface area contributed by atoms with Crippen LogP contribution in [0.4, 0.5) is 4.39 Å². The first kappa shape index (κ1) is 10.2. The summed E-state index contributed by atoms with van der Waals surface area (Å²) in [4.78, 5) is 0. The van der Waals surface area contributed by atoms with Crippen LogP contribution < -0.4 is 9.47 Å². The molecule has 1 atom stereocenters. The van der Waals surface area contributed by atoms with Crippen molar-refractivity contribution in [3.63, 3.8) is 0 Å². The van der Waals surface area contributed by atoms with Crippen LogP contribution in [0.15, 0.2) is 12.1 Å². The number of ether oxygens (including phenoxy) is 2. The van der Waals surface area contributed by atoms with E-state index in [1.807, 2.05) is 0 Å². The van der Waals surface area contributed by atoms with Crippen molar-refractivity contribution in [2.24, 2.45) is 0 Å². The minimum Gasteiger partial charge on any atom is -0.454 e. The summed E-state index contributed by atoms with van der Waals surface area (Å²) >= 11 is 0. The Morgan fingerprint density at radius 2 is 2.00 bits per heavy atom. The van der Waals surface area contributed by atoms with Gasteiger partial charge < -0.3 is 14.6 Å². The van der Waals surface area contributed by atoms with Crippen molar-refractivity contribution in [2.45, 2.75) is 19.5 Å². The zero-order chi connectivity index (χ0) is 11.1. The van der Waals surface area contributed by atoms with Gasteiger partial charge in [0.05, 0.1) is 6.61 Å². The third kappa shape index (κ3) is 1.65. The van der Waals surface area contributed by atoms with Crippen LogP contribution in [0.25, 0.3) is 0 Å². The molecule has 0 radical (unpaired) electrons. The first-order chi connectivity index (χ1) is 7.04. The fraction of sp³-hybridized carbons (Fsp3) is 0.455. The van der Waals surface area contributed by atoms with Crippen LogP contribution in [-0.4, -0.2) is 18.5 Å². The maximum atomic E-state index is 13.9. The molecule has 0 aliphatic carbocycles. The Morgan fingerprint density at radius 3 is 2.60 bits per heavy atom. The number of fused-ring (bicyclic) bond motifs is 1. The molecule has 0 saturated carbocycles. The summed E-state index contributed by atoms with van der Waals surface area (Å²) < 4.78 is 24.3. The van der Waals surface area contributed by atoms with Crippen molar-refractivity contribution in [3.8, 4) is 11.5 Å². The molecule has 4 heteroatoms. The Balaban J connectivity index is 2.49. The lowest BCUT2D eigenvalue weighted by Crippen LogP contribution is -2.21. The molecule has 2 rings (SSSR count). The summed E-state index contributed by atoms with van der Waals surface area (Å²) in [7, 11) is 0. The molecule has 1 aromatic carbocycles. The Morgan fingerprint density at radius 1 is 1.40 bits per heavy atom. The molecule has 1 N–H and O–H groups in total. The number of aliphatic hydroxyl groups is 1. The average Bonchev–Trinajstić information content (AvgIpc) is 2.63. The van der Waals surface area contributed by atoms with Gasteiger partial charge in [0.2, 0.25) is 6.79 Å². The highest BCUT2D eigenvalue weighted by Crippen LogP contribution is 2.39. The minimum atomic E-state index is -1.74. The maximum absolute atomic E-state index is 13.9. The van der Waals surface area contributed by atoms with Gasteiger partial charge in [-0.1, -0.05) is 0 Å². The van der Waals surface area contributed by atoms with Gasteiger partial charge in [0, 0.05) is 0 Å². The normalized spacial score (nSPS) is 17.6. The number of benzene rings is 1. The van der Waals surface area contributed by atoms with Crippen molar-refractivity contribution >= 4 is 0 Å². The van der Waals surface area contributed by atoms with E-state index in [4.69, 9.17) is 14.6 Å². The van der Waals surface area contributed by atoms with Crippen molar-refractivity contribution in [3.05, 3.63) is 23.3 Å². The monoisotopic (exact) mass is 212 g/mol. The number of hydrogen-bond donors (Lipinski definition) is 1. The van der Waals surface area contributed by atoms with Crippen LogP contribution in [0.2, 0.25) is 0 Å². The number of rotatable bonds is 2. The van der Waals surface area contributed by atoms with Crippen molar-refractivity contribution in [1.82, 2.24) is 0 Å². The van der Waals surface area contributed by atoms with E-state index in [0.717, 1.165) is 5.56 Å². The molecular formula is C11H13FO3. The van der Waals surface area contributed by atoms with E-state index in [-0.39, 0.29) is 6.79 Å². The van der Waals surface area contributed by atoms with Gasteiger partial charge >= 0.3 is 0 Å². The van der Waals surface area contributed by atoms with Gasteiger partial charge in [0.25, 0.3) is 0 Å². The van der Waals surface area contributed by atoms with E-state index < -0.39 is 12.3 Å². The third-order valence-electron chi connectivity index (χ3n) is 2.58. The lowest BCUT2D eigenvalue weighted by molar-refractivity contribution is 0.0860. The highest BCUT2D eigenvalue weighted by Gasteiger charge is 2.29. The van der Waals surface area contributed by atoms with Crippen LogP contribution in [0, 0.1) is 6.92 Å². The molecule has 82 valence electrons. The molecule has 0 bridgehead atoms. The molecule has 0 amide bonds. The Kier molecular flexibility index (Phi) is 2.31. The summed E-state index contributed by atoms with van der Waals surface area (Å²) in [5, 5.41) is 8.97. The van der Waals surface area contributed by atoms with E-state index >= 15 is 0 Å². The molecule has 1 heterocycles. The molecule has 3 nitrogen and oxygen atoms in total. The summed E-state index contributed by atoms with van der Waals surface area (Å²) in [6.45, 7) is 2.75. The van der Waals surface area contributed by atoms with E-state index in [0.29, 0.717) is 17.1 Å². The summed E-state index contributed by atoms with van der Waals surface area (Å²) in [6.07, 6.45) is 0. The standard InChI is InChI=1S/C11H13FO3/c1-7-3-9-10(15-6-14-9)4-8(7)11(2,12)5-13/h3-4,13H,5-6H2,1-2H3. The van der Waals surface area contributed by atoms with E-state index in [1.54, 1.807) is 19.1 Å². The minimum absolute atomic E-state index is 0.167. The Labute approximate surface area is 87.4 Å². The maximum Gasteiger partial charge on any atom is 0.231 e. The number of hydrogen-bond acceptors (Lipinski definition) is 3. The quantitative estimate of drug-likeness (QED) is 0.813. The smallest absolute Gasteiger partial charge is 0.231 e. The van der Waals surface area contributed by atoms with Crippen molar-refractivity contribution in [1.29, 1.82) is 0 Å².